The minimum absolute atomic E-state index is 0.201. The Kier molecular flexibility index (Phi) is 16.9. The molecule has 1 atom stereocenters. The molecule has 0 spiro atoms. The zero-order valence-corrected chi connectivity index (χ0v) is 17.5. The van der Waals surface area contributed by atoms with Crippen LogP contribution in [0.15, 0.2) is 0 Å². The minimum atomic E-state index is -0.528. The van der Waals surface area contributed by atoms with E-state index in [1.165, 1.54) is 71.1 Å². The number of amides is 1. The quantitative estimate of drug-likeness (QED) is 0.239. The molecule has 0 saturated heterocycles. The fourth-order valence-electron chi connectivity index (χ4n) is 2.64. The average molecular weight is 406 g/mol. The van der Waals surface area contributed by atoms with Gasteiger partial charge in [0.15, 0.2) is 0 Å². The molecule has 5 heteroatoms. The molecule has 0 saturated carbocycles. The third-order valence-corrected chi connectivity index (χ3v) is 4.85. The number of hydrogen-bond donors (Lipinski definition) is 1. The molecule has 142 valence electrons. The van der Waals surface area contributed by atoms with Crippen LogP contribution in [0.1, 0.15) is 90.9 Å². The maximum absolute atomic E-state index is 11.8. The Hall–Kier alpha value is -0.541. The van der Waals surface area contributed by atoms with Crippen LogP contribution < -0.4 is 5.32 Å². The van der Waals surface area contributed by atoms with E-state index < -0.39 is 6.04 Å². The Morgan fingerprint density at radius 2 is 1.33 bits per heavy atom. The van der Waals surface area contributed by atoms with Gasteiger partial charge in [0, 0.05) is 0 Å². The molecule has 0 radical (unpaired) electrons. The summed E-state index contributed by atoms with van der Waals surface area (Å²) in [6.07, 6.45) is 15.5. The van der Waals surface area contributed by atoms with Gasteiger partial charge in [0.25, 0.3) is 0 Å². The first-order chi connectivity index (χ1) is 11.6. The van der Waals surface area contributed by atoms with E-state index in [2.05, 4.69) is 28.3 Å². The van der Waals surface area contributed by atoms with E-state index in [1.807, 2.05) is 0 Å². The number of unbranched alkanes of at least 4 members (excludes halogenated alkanes) is 11. The van der Waals surface area contributed by atoms with Gasteiger partial charge in [-0.15, -0.1) is 0 Å². The van der Waals surface area contributed by atoms with Crippen LogP contribution in [0.5, 0.6) is 0 Å². The van der Waals surface area contributed by atoms with Crippen molar-refractivity contribution < 1.29 is 14.3 Å². The van der Waals surface area contributed by atoms with Gasteiger partial charge in [-0.05, 0) is 0 Å². The predicted molar refractivity (Wildman–Crippen MR) is 102 cm³/mol. The van der Waals surface area contributed by atoms with Crippen LogP contribution >= 0.6 is 0 Å². The maximum atomic E-state index is 11.8. The summed E-state index contributed by atoms with van der Waals surface area (Å²) in [6, 6.07) is -0.528. The SMILES string of the molecule is CCCCCCCCCCCCCCOC(=O)[C@H](C[SeH])NC(C)=O. The molecule has 0 aliphatic heterocycles. The first-order valence-corrected chi connectivity index (χ1v) is 11.0. The van der Waals surface area contributed by atoms with Crippen LogP contribution in [-0.2, 0) is 14.3 Å². The van der Waals surface area contributed by atoms with Crippen LogP contribution in [0, 0.1) is 0 Å². The van der Waals surface area contributed by atoms with Crippen molar-refractivity contribution in [1.29, 1.82) is 0 Å². The van der Waals surface area contributed by atoms with Crippen LogP contribution in [0.4, 0.5) is 0 Å². The molecule has 0 aliphatic rings. The van der Waals surface area contributed by atoms with E-state index in [0.29, 0.717) is 11.9 Å². The molecule has 4 nitrogen and oxygen atoms in total. The molecule has 0 rings (SSSR count). The van der Waals surface area contributed by atoms with E-state index in [1.54, 1.807) is 0 Å². The summed E-state index contributed by atoms with van der Waals surface area (Å²) in [5.74, 6) is -0.526. The molecule has 0 aromatic carbocycles. The monoisotopic (exact) mass is 407 g/mol. The fourth-order valence-corrected chi connectivity index (χ4v) is 3.15. The Bertz CT molecular complexity index is 324. The van der Waals surface area contributed by atoms with Crippen LogP contribution in [-0.4, -0.2) is 40.5 Å². The normalized spacial score (nSPS) is 12.0. The molecular weight excluding hydrogens is 369 g/mol. The summed E-state index contributed by atoms with van der Waals surface area (Å²) in [5, 5.41) is 3.10. The first-order valence-electron chi connectivity index (χ1n) is 9.66. The van der Waals surface area contributed by atoms with Gasteiger partial charge < -0.3 is 0 Å². The van der Waals surface area contributed by atoms with Crippen molar-refractivity contribution in [3.63, 3.8) is 0 Å². The van der Waals surface area contributed by atoms with Gasteiger partial charge >= 0.3 is 117 Å². The van der Waals surface area contributed by atoms with E-state index in [-0.39, 0.29) is 11.9 Å². The number of nitrogens with one attached hydrogen (secondary N) is 1. The molecule has 0 unspecified atom stereocenters. The second kappa shape index (κ2) is 17.3. The zero-order valence-electron chi connectivity index (χ0n) is 15.6. The van der Waals surface area contributed by atoms with Crippen LogP contribution in [0.3, 0.4) is 0 Å². The summed E-state index contributed by atoms with van der Waals surface area (Å²) in [4.78, 5) is 22.7. The van der Waals surface area contributed by atoms with Crippen molar-refractivity contribution in [2.75, 3.05) is 6.61 Å². The van der Waals surface area contributed by atoms with E-state index >= 15 is 0 Å². The van der Waals surface area contributed by atoms with Gasteiger partial charge in [-0.25, -0.2) is 0 Å². The van der Waals surface area contributed by atoms with Gasteiger partial charge in [0.1, 0.15) is 0 Å². The standard InChI is InChI=1S/C19H37NO3Se/c1-3-4-5-6-7-8-9-10-11-12-13-14-15-23-19(22)18(16-24)20-17(2)21/h18,24H,3-16H2,1-2H3,(H,20,21)/t18-/m0/s1. The fraction of sp³-hybridized carbons (Fsp3) is 0.895. The molecule has 0 aromatic rings. The van der Waals surface area contributed by atoms with Crippen molar-refractivity contribution >= 4 is 27.9 Å². The number of hydrogen-bond acceptors (Lipinski definition) is 3. The van der Waals surface area contributed by atoms with Crippen molar-refractivity contribution in [1.82, 2.24) is 5.32 Å². The summed E-state index contributed by atoms with van der Waals surface area (Å²) < 4.78 is 5.22. The van der Waals surface area contributed by atoms with E-state index in [0.717, 1.165) is 12.8 Å². The third kappa shape index (κ3) is 15.0. The number of carbonyl (C=O) groups is 2. The molecule has 0 aliphatic carbocycles. The molecule has 1 N–H and O–H groups in total. The van der Waals surface area contributed by atoms with Crippen LogP contribution in [0.25, 0.3) is 0 Å². The number of carbonyl (C=O) groups excluding carboxylic acids is 2. The van der Waals surface area contributed by atoms with E-state index in [9.17, 15) is 9.59 Å². The van der Waals surface area contributed by atoms with Crippen molar-refractivity contribution in [2.24, 2.45) is 0 Å². The number of rotatable bonds is 16. The molecule has 1 amide bonds. The van der Waals surface area contributed by atoms with Crippen LogP contribution in [0.2, 0.25) is 5.32 Å². The van der Waals surface area contributed by atoms with Gasteiger partial charge in [-0.2, -0.15) is 0 Å². The molecule has 0 fully saturated rings. The van der Waals surface area contributed by atoms with Gasteiger partial charge in [0.05, 0.1) is 0 Å². The van der Waals surface area contributed by atoms with Crippen molar-refractivity contribution in [2.45, 2.75) is 102 Å². The second-order valence-electron chi connectivity index (χ2n) is 6.49. The summed E-state index contributed by atoms with van der Waals surface area (Å²) >= 11 is 2.31. The van der Waals surface area contributed by atoms with Gasteiger partial charge in [-0.1, -0.05) is 39.0 Å². The Morgan fingerprint density at radius 3 is 1.75 bits per heavy atom. The van der Waals surface area contributed by atoms with Gasteiger partial charge in [0.2, 0.25) is 0 Å². The summed E-state index contributed by atoms with van der Waals surface area (Å²) in [6.45, 7) is 4.12. The Balaban J connectivity index is 3.35. The zero-order chi connectivity index (χ0) is 18.0. The summed E-state index contributed by atoms with van der Waals surface area (Å²) in [5.41, 5.74) is 0. The number of ether oxygens (including phenoxy) is 1. The number of esters is 1. The van der Waals surface area contributed by atoms with Crippen molar-refractivity contribution in [3.8, 4) is 0 Å². The first kappa shape index (κ1) is 23.5. The molecule has 0 heterocycles. The summed E-state index contributed by atoms with van der Waals surface area (Å²) in [7, 11) is 0. The molecule has 0 bridgehead atoms. The predicted octanol–water partition coefficient (Wildman–Crippen LogP) is 4.05. The topological polar surface area (TPSA) is 55.4 Å². The van der Waals surface area contributed by atoms with E-state index in [4.69, 9.17) is 4.74 Å². The third-order valence-electron chi connectivity index (χ3n) is 4.09. The molecule has 24 heavy (non-hydrogen) atoms. The Morgan fingerprint density at radius 1 is 0.875 bits per heavy atom. The van der Waals surface area contributed by atoms with Gasteiger partial charge in [-0.3, -0.25) is 0 Å². The Labute approximate surface area is 156 Å². The second-order valence-corrected chi connectivity index (χ2v) is 7.26. The average Bonchev–Trinajstić information content (AvgIpc) is 2.56. The molecular formula is C19H37NO3Se. The molecule has 0 aromatic heterocycles. The van der Waals surface area contributed by atoms with Crippen molar-refractivity contribution in [3.05, 3.63) is 0 Å².